The molecule has 27 heavy (non-hydrogen) atoms. The van der Waals surface area contributed by atoms with Crippen molar-refractivity contribution in [3.63, 3.8) is 0 Å². The van der Waals surface area contributed by atoms with E-state index in [-0.39, 0.29) is 18.3 Å². The van der Waals surface area contributed by atoms with Crippen molar-refractivity contribution in [2.24, 2.45) is 7.05 Å². The Balaban J connectivity index is 1.70. The van der Waals surface area contributed by atoms with Crippen LogP contribution in [0.15, 0.2) is 23.6 Å². The van der Waals surface area contributed by atoms with Crippen LogP contribution in [0.25, 0.3) is 11.0 Å². The predicted molar refractivity (Wildman–Crippen MR) is 105 cm³/mol. The highest BCUT2D eigenvalue weighted by Crippen LogP contribution is 2.30. The van der Waals surface area contributed by atoms with Crippen LogP contribution >= 0.6 is 23.1 Å². The lowest BCUT2D eigenvalue weighted by Crippen LogP contribution is -2.16. The van der Waals surface area contributed by atoms with E-state index in [9.17, 15) is 9.59 Å². The number of hydrogen-bond donors (Lipinski definition) is 1. The first-order valence-corrected chi connectivity index (χ1v) is 10.2. The van der Waals surface area contributed by atoms with Crippen LogP contribution in [0, 0.1) is 0 Å². The number of aryl methyl sites for hydroxylation is 2. The number of thiophene rings is 1. The molecule has 0 radical (unpaired) electrons. The van der Waals surface area contributed by atoms with Crippen LogP contribution in [0.1, 0.15) is 29.1 Å². The fourth-order valence-electron chi connectivity index (χ4n) is 2.42. The summed E-state index contributed by atoms with van der Waals surface area (Å²) in [5, 5.41) is 8.99. The maximum absolute atomic E-state index is 12.4. The number of thioether (sulfide) groups is 1. The van der Waals surface area contributed by atoms with Crippen molar-refractivity contribution in [1.82, 2.24) is 19.7 Å². The number of ether oxygens (including phenoxy) is 1. The van der Waals surface area contributed by atoms with Gasteiger partial charge >= 0.3 is 5.97 Å². The van der Waals surface area contributed by atoms with Gasteiger partial charge in [-0.15, -0.1) is 11.3 Å². The van der Waals surface area contributed by atoms with Gasteiger partial charge in [0.2, 0.25) is 5.91 Å². The van der Waals surface area contributed by atoms with Gasteiger partial charge in [0, 0.05) is 11.9 Å². The first kappa shape index (κ1) is 19.3. The quantitative estimate of drug-likeness (QED) is 0.366. The van der Waals surface area contributed by atoms with E-state index in [1.807, 2.05) is 6.92 Å². The fourth-order valence-corrected chi connectivity index (χ4v) is 4.18. The van der Waals surface area contributed by atoms with E-state index in [2.05, 4.69) is 20.4 Å². The zero-order chi connectivity index (χ0) is 19.4. The highest BCUT2D eigenvalue weighted by molar-refractivity contribution is 8.00. The molecule has 1 amide bonds. The molecule has 0 aliphatic heterocycles. The van der Waals surface area contributed by atoms with Gasteiger partial charge in [0.05, 0.1) is 29.5 Å². The summed E-state index contributed by atoms with van der Waals surface area (Å²) in [7, 11) is 1.80. The predicted octanol–water partition coefficient (Wildman–Crippen LogP) is 2.89. The van der Waals surface area contributed by atoms with Crippen LogP contribution in [0.5, 0.6) is 0 Å². The van der Waals surface area contributed by atoms with Crippen LogP contribution in [-0.4, -0.2) is 44.0 Å². The molecule has 8 nitrogen and oxygen atoms in total. The molecule has 0 bridgehead atoms. The molecule has 0 aliphatic carbocycles. The minimum atomic E-state index is -0.427. The monoisotopic (exact) mass is 405 g/mol. The van der Waals surface area contributed by atoms with Crippen molar-refractivity contribution in [2.45, 2.75) is 25.3 Å². The molecule has 0 unspecified atom stereocenters. The zero-order valence-electron chi connectivity index (χ0n) is 15.2. The number of nitrogens with zero attached hydrogens (tertiary/aromatic N) is 4. The molecule has 0 saturated carbocycles. The number of anilines is 1. The number of carbonyl (C=O) groups excluding carboxylic acids is 2. The SMILES string of the molecule is CCOC(=O)c1cc(CC)sc1NC(=O)CSc1ncnc2c1cnn2C. The summed E-state index contributed by atoms with van der Waals surface area (Å²) in [6.07, 6.45) is 3.92. The van der Waals surface area contributed by atoms with E-state index in [0.29, 0.717) is 21.2 Å². The summed E-state index contributed by atoms with van der Waals surface area (Å²) in [5.74, 6) is -0.488. The van der Waals surface area contributed by atoms with Crippen molar-refractivity contribution in [3.8, 4) is 0 Å². The molecule has 3 aromatic rings. The Bertz CT molecular complexity index is 982. The normalized spacial score (nSPS) is 10.9. The van der Waals surface area contributed by atoms with Crippen molar-refractivity contribution in [1.29, 1.82) is 0 Å². The number of nitrogens with one attached hydrogen (secondary N) is 1. The Labute approximate surface area is 164 Å². The smallest absolute Gasteiger partial charge is 0.341 e. The van der Waals surface area contributed by atoms with Crippen molar-refractivity contribution in [2.75, 3.05) is 17.7 Å². The van der Waals surface area contributed by atoms with Gasteiger partial charge in [-0.25, -0.2) is 14.8 Å². The van der Waals surface area contributed by atoms with Crippen molar-refractivity contribution < 1.29 is 14.3 Å². The van der Waals surface area contributed by atoms with Gasteiger partial charge in [-0.2, -0.15) is 5.10 Å². The molecular formula is C17H19N5O3S2. The van der Waals surface area contributed by atoms with Gasteiger partial charge < -0.3 is 10.1 Å². The summed E-state index contributed by atoms with van der Waals surface area (Å²) >= 11 is 2.69. The Kier molecular flexibility index (Phi) is 6.07. The van der Waals surface area contributed by atoms with Crippen LogP contribution in [0.3, 0.4) is 0 Å². The van der Waals surface area contributed by atoms with Gasteiger partial charge in [-0.05, 0) is 19.4 Å². The van der Waals surface area contributed by atoms with E-state index in [4.69, 9.17) is 4.74 Å². The minimum absolute atomic E-state index is 0.155. The largest absolute Gasteiger partial charge is 0.462 e. The summed E-state index contributed by atoms with van der Waals surface area (Å²) < 4.78 is 6.73. The molecule has 0 aromatic carbocycles. The first-order chi connectivity index (χ1) is 13.0. The highest BCUT2D eigenvalue weighted by Gasteiger charge is 2.19. The second-order valence-electron chi connectivity index (χ2n) is 5.55. The molecule has 3 aromatic heterocycles. The fraction of sp³-hybridized carbons (Fsp3) is 0.353. The topological polar surface area (TPSA) is 99.0 Å². The van der Waals surface area contributed by atoms with Crippen LogP contribution in [0.4, 0.5) is 5.00 Å². The molecule has 3 rings (SSSR count). The second kappa shape index (κ2) is 8.49. The third-order valence-corrected chi connectivity index (χ3v) is 5.91. The minimum Gasteiger partial charge on any atom is -0.462 e. The Morgan fingerprint density at radius 1 is 1.33 bits per heavy atom. The van der Waals surface area contributed by atoms with E-state index in [1.165, 1.54) is 29.4 Å². The Morgan fingerprint density at radius 3 is 2.89 bits per heavy atom. The van der Waals surface area contributed by atoms with Gasteiger partial charge in [0.1, 0.15) is 16.4 Å². The van der Waals surface area contributed by atoms with E-state index < -0.39 is 5.97 Å². The number of fused-ring (bicyclic) bond motifs is 1. The summed E-state index contributed by atoms with van der Waals surface area (Å²) in [6.45, 7) is 4.03. The molecule has 1 N–H and O–H groups in total. The maximum Gasteiger partial charge on any atom is 0.341 e. The molecular weight excluding hydrogens is 386 g/mol. The van der Waals surface area contributed by atoms with E-state index >= 15 is 0 Å². The molecule has 0 spiro atoms. The second-order valence-corrected chi connectivity index (χ2v) is 7.65. The standard InChI is InChI=1S/C17H19N5O3S2/c1-4-10-6-11(17(24)25-5-2)16(27-10)21-13(23)8-26-15-12-7-20-22(3)14(12)18-9-19-15/h6-7,9H,4-5,8H2,1-3H3,(H,21,23). The Morgan fingerprint density at radius 2 is 2.15 bits per heavy atom. The lowest BCUT2D eigenvalue weighted by atomic mass is 10.2. The molecule has 0 saturated heterocycles. The highest BCUT2D eigenvalue weighted by atomic mass is 32.2. The van der Waals surface area contributed by atoms with E-state index in [1.54, 1.807) is 30.9 Å². The molecule has 0 aliphatic rings. The molecule has 3 heterocycles. The number of amides is 1. The number of carbonyl (C=O) groups is 2. The van der Waals surface area contributed by atoms with Crippen LogP contribution < -0.4 is 5.32 Å². The first-order valence-electron chi connectivity index (χ1n) is 8.38. The number of rotatable bonds is 7. The molecule has 10 heteroatoms. The number of esters is 1. The summed E-state index contributed by atoms with van der Waals surface area (Å²) in [6, 6.07) is 1.77. The lowest BCUT2D eigenvalue weighted by molar-refractivity contribution is -0.113. The summed E-state index contributed by atoms with van der Waals surface area (Å²) in [5.41, 5.74) is 1.11. The van der Waals surface area contributed by atoms with Gasteiger partial charge in [-0.1, -0.05) is 18.7 Å². The molecule has 142 valence electrons. The number of hydrogen-bond acceptors (Lipinski definition) is 8. The van der Waals surface area contributed by atoms with Crippen LogP contribution in [0.2, 0.25) is 0 Å². The number of aromatic nitrogens is 4. The van der Waals surface area contributed by atoms with E-state index in [0.717, 1.165) is 16.7 Å². The van der Waals surface area contributed by atoms with Crippen LogP contribution in [-0.2, 0) is 23.0 Å². The summed E-state index contributed by atoms with van der Waals surface area (Å²) in [4.78, 5) is 33.9. The zero-order valence-corrected chi connectivity index (χ0v) is 16.8. The molecule has 0 atom stereocenters. The molecule has 0 fully saturated rings. The average molecular weight is 406 g/mol. The van der Waals surface area contributed by atoms with Gasteiger partial charge in [-0.3, -0.25) is 9.48 Å². The maximum atomic E-state index is 12.4. The lowest BCUT2D eigenvalue weighted by Gasteiger charge is -2.06. The van der Waals surface area contributed by atoms with Gasteiger partial charge in [0.15, 0.2) is 5.65 Å². The van der Waals surface area contributed by atoms with Gasteiger partial charge in [0.25, 0.3) is 0 Å². The Hall–Kier alpha value is -2.46. The average Bonchev–Trinajstić information content (AvgIpc) is 3.24. The third kappa shape index (κ3) is 4.28. The van der Waals surface area contributed by atoms with Crippen molar-refractivity contribution in [3.05, 3.63) is 29.0 Å². The third-order valence-electron chi connectivity index (χ3n) is 3.71. The van der Waals surface area contributed by atoms with Crippen molar-refractivity contribution >= 4 is 51.0 Å².